The molecule has 12 heteroatoms. The van der Waals surface area contributed by atoms with Crippen molar-refractivity contribution in [3.8, 4) is 0 Å². The van der Waals surface area contributed by atoms with E-state index in [1.165, 1.54) is 9.44 Å². The van der Waals surface area contributed by atoms with Crippen molar-refractivity contribution in [2.45, 2.75) is 20.3 Å². The van der Waals surface area contributed by atoms with Crippen molar-refractivity contribution >= 4 is 32.2 Å². The Morgan fingerprint density at radius 1 is 0.947 bits per heavy atom. The summed E-state index contributed by atoms with van der Waals surface area (Å²) in [6.07, 6.45) is -0.0806. The van der Waals surface area contributed by atoms with E-state index in [1.807, 2.05) is 0 Å². The Balaban J connectivity index is 5.11. The summed E-state index contributed by atoms with van der Waals surface area (Å²) in [5.41, 5.74) is 0. The van der Waals surface area contributed by atoms with Crippen LogP contribution in [-0.2, 0) is 30.0 Å². The van der Waals surface area contributed by atoms with Gasteiger partial charge in [-0.2, -0.15) is 16.8 Å². The molecule has 10 nitrogen and oxygen atoms in total. The number of rotatable bonds is 6. The van der Waals surface area contributed by atoms with E-state index < -0.39 is 38.2 Å². The van der Waals surface area contributed by atoms with Crippen molar-refractivity contribution in [3.05, 3.63) is 0 Å². The summed E-state index contributed by atoms with van der Waals surface area (Å²) in [5.74, 6) is -4.17. The Morgan fingerprint density at radius 2 is 1.26 bits per heavy atom. The second-order valence-electron chi connectivity index (χ2n) is 4.20. The van der Waals surface area contributed by atoms with Crippen molar-refractivity contribution in [2.75, 3.05) is 0 Å². The van der Waals surface area contributed by atoms with E-state index in [2.05, 4.69) is 10.3 Å². The quantitative estimate of drug-likeness (QED) is 0.387. The molecule has 19 heavy (non-hydrogen) atoms. The number of nitrogens with two attached hydrogens (primary N) is 2. The highest BCUT2D eigenvalue weighted by molar-refractivity contribution is 7.88. The van der Waals surface area contributed by atoms with E-state index in [4.69, 9.17) is 0 Å². The van der Waals surface area contributed by atoms with Crippen LogP contribution in [0.3, 0.4) is 0 Å². The average Bonchev–Trinajstić information content (AvgIpc) is 2.07. The van der Waals surface area contributed by atoms with Crippen LogP contribution in [-0.4, -0.2) is 28.6 Å². The fraction of sp³-hybridized carbons (Fsp3) is 0.714. The normalized spacial score (nSPS) is 12.5. The van der Waals surface area contributed by atoms with Crippen LogP contribution in [0.4, 0.5) is 0 Å². The molecule has 0 heterocycles. The van der Waals surface area contributed by atoms with Gasteiger partial charge in [-0.05, 0) is 12.3 Å². The first-order valence-electron chi connectivity index (χ1n) is 5.00. The van der Waals surface area contributed by atoms with Gasteiger partial charge in [-0.1, -0.05) is 13.8 Å². The second kappa shape index (κ2) is 6.27. The lowest BCUT2D eigenvalue weighted by molar-refractivity contribution is -0.133. The summed E-state index contributed by atoms with van der Waals surface area (Å²) in [7, 11) is -8.68. The first kappa shape index (κ1) is 17.8. The van der Waals surface area contributed by atoms with Gasteiger partial charge < -0.3 is 0 Å². The van der Waals surface area contributed by atoms with Crippen LogP contribution < -0.4 is 19.7 Å². The minimum absolute atomic E-state index is 0.0806. The van der Waals surface area contributed by atoms with Crippen LogP contribution in [0.25, 0.3) is 0 Å². The highest BCUT2D eigenvalue weighted by Crippen LogP contribution is 2.12. The van der Waals surface area contributed by atoms with Crippen molar-refractivity contribution in [1.29, 1.82) is 0 Å². The molecular weight excluding hydrogens is 300 g/mol. The zero-order chi connectivity index (χ0) is 15.4. The second-order valence-corrected chi connectivity index (χ2v) is 6.79. The molecule has 0 unspecified atom stereocenters. The molecule has 0 bridgehead atoms. The predicted molar refractivity (Wildman–Crippen MR) is 65.4 cm³/mol. The maximum Gasteiger partial charge on any atom is 0.298 e. The average molecular weight is 316 g/mol. The molecule has 0 aromatic carbocycles. The molecule has 0 aliphatic heterocycles. The largest absolute Gasteiger partial charge is 0.298 e. The van der Waals surface area contributed by atoms with Crippen molar-refractivity contribution in [1.82, 2.24) is 9.44 Å². The zero-order valence-electron chi connectivity index (χ0n) is 10.3. The van der Waals surface area contributed by atoms with Gasteiger partial charge in [0.25, 0.3) is 20.4 Å². The maximum absolute atomic E-state index is 11.6. The SMILES string of the molecule is CC(C)CC(C(=O)NS(N)(=O)=O)C(=O)NS(N)(=O)=O. The van der Waals surface area contributed by atoms with Crippen LogP contribution in [0, 0.1) is 11.8 Å². The summed E-state index contributed by atoms with van der Waals surface area (Å²) in [4.78, 5) is 23.1. The van der Waals surface area contributed by atoms with Crippen molar-refractivity contribution < 1.29 is 26.4 Å². The summed E-state index contributed by atoms with van der Waals surface area (Å²) >= 11 is 0. The Morgan fingerprint density at radius 3 is 1.47 bits per heavy atom. The van der Waals surface area contributed by atoms with E-state index in [0.29, 0.717) is 0 Å². The van der Waals surface area contributed by atoms with Crippen LogP contribution in [0.2, 0.25) is 0 Å². The number of carbonyl (C=O) groups is 2. The number of hydrogen-bond acceptors (Lipinski definition) is 6. The fourth-order valence-electron chi connectivity index (χ4n) is 1.23. The molecule has 0 aromatic rings. The molecule has 6 N–H and O–H groups in total. The lowest BCUT2D eigenvalue weighted by atomic mass is 9.96. The Hall–Kier alpha value is -1.24. The topological polar surface area (TPSA) is 179 Å². The van der Waals surface area contributed by atoms with Gasteiger partial charge in [-0.25, -0.2) is 19.7 Å². The highest BCUT2D eigenvalue weighted by Gasteiger charge is 2.31. The van der Waals surface area contributed by atoms with E-state index in [9.17, 15) is 26.4 Å². The summed E-state index contributed by atoms with van der Waals surface area (Å²) < 4.78 is 45.7. The lowest BCUT2D eigenvalue weighted by Gasteiger charge is -2.16. The molecule has 0 radical (unpaired) electrons. The summed E-state index contributed by atoms with van der Waals surface area (Å²) in [5, 5.41) is 9.20. The minimum Gasteiger partial charge on any atom is -0.273 e. The molecule has 0 spiro atoms. The molecule has 0 fully saturated rings. The van der Waals surface area contributed by atoms with Crippen LogP contribution in [0.5, 0.6) is 0 Å². The molecule has 0 saturated heterocycles. The highest BCUT2D eigenvalue weighted by atomic mass is 32.2. The van der Waals surface area contributed by atoms with Gasteiger partial charge in [0.15, 0.2) is 0 Å². The van der Waals surface area contributed by atoms with E-state index in [-0.39, 0.29) is 12.3 Å². The molecule has 2 amide bonds. The van der Waals surface area contributed by atoms with Crippen LogP contribution >= 0.6 is 0 Å². The number of amides is 2. The molecular formula is C7H16N4O6S2. The van der Waals surface area contributed by atoms with Crippen LogP contribution in [0.1, 0.15) is 20.3 Å². The maximum atomic E-state index is 11.6. The molecule has 0 saturated carbocycles. The van der Waals surface area contributed by atoms with Crippen molar-refractivity contribution in [2.24, 2.45) is 22.1 Å². The van der Waals surface area contributed by atoms with Gasteiger partial charge in [0.05, 0.1) is 0 Å². The van der Waals surface area contributed by atoms with E-state index in [0.717, 1.165) is 0 Å². The molecule has 0 rings (SSSR count). The third-order valence-electron chi connectivity index (χ3n) is 1.83. The van der Waals surface area contributed by atoms with Crippen molar-refractivity contribution in [3.63, 3.8) is 0 Å². The third-order valence-corrected chi connectivity index (χ3v) is 2.80. The lowest BCUT2D eigenvalue weighted by Crippen LogP contribution is -2.48. The van der Waals surface area contributed by atoms with Gasteiger partial charge in [0.2, 0.25) is 11.8 Å². The van der Waals surface area contributed by atoms with Crippen LogP contribution in [0.15, 0.2) is 0 Å². The van der Waals surface area contributed by atoms with Gasteiger partial charge in [-0.3, -0.25) is 9.59 Å². The first-order chi connectivity index (χ1) is 8.32. The first-order valence-corrected chi connectivity index (χ1v) is 8.10. The van der Waals surface area contributed by atoms with E-state index >= 15 is 0 Å². The Bertz CT molecular complexity index is 506. The predicted octanol–water partition coefficient (Wildman–Crippen LogP) is -2.71. The van der Waals surface area contributed by atoms with Gasteiger partial charge in [-0.15, -0.1) is 0 Å². The standard InChI is InChI=1S/C7H16N4O6S2/c1-4(2)3-5(6(12)10-18(8,14)15)7(13)11-19(9,16)17/h4-5H,3H2,1-2H3,(H,10,12)(H,11,13)(H2,8,14,15)(H2,9,16,17). The van der Waals surface area contributed by atoms with E-state index in [1.54, 1.807) is 13.8 Å². The Kier molecular flexibility index (Phi) is 5.86. The third kappa shape index (κ3) is 8.47. The molecule has 0 aliphatic rings. The minimum atomic E-state index is -4.34. The molecule has 0 atom stereocenters. The monoisotopic (exact) mass is 316 g/mol. The summed E-state index contributed by atoms with van der Waals surface area (Å²) in [6.45, 7) is 3.31. The molecule has 112 valence electrons. The molecule has 0 aromatic heterocycles. The summed E-state index contributed by atoms with van der Waals surface area (Å²) in [6, 6.07) is 0. The number of hydrogen-bond donors (Lipinski definition) is 4. The number of nitrogens with one attached hydrogen (secondary N) is 2. The van der Waals surface area contributed by atoms with Gasteiger partial charge in [0, 0.05) is 0 Å². The molecule has 0 aliphatic carbocycles. The smallest absolute Gasteiger partial charge is 0.273 e. The zero-order valence-corrected chi connectivity index (χ0v) is 11.9. The fourth-order valence-corrected chi connectivity index (χ4v) is 2.07. The Labute approximate surface area is 111 Å². The van der Waals surface area contributed by atoms with Gasteiger partial charge >= 0.3 is 0 Å². The number of carbonyl (C=O) groups excluding carboxylic acids is 2. The van der Waals surface area contributed by atoms with Gasteiger partial charge in [0.1, 0.15) is 5.92 Å².